The van der Waals surface area contributed by atoms with Crippen LogP contribution in [0.4, 0.5) is 0 Å². The molecule has 4 heteroatoms. The highest BCUT2D eigenvalue weighted by atomic mass is 16.5. The van der Waals surface area contributed by atoms with Gasteiger partial charge in [0.2, 0.25) is 0 Å². The van der Waals surface area contributed by atoms with Crippen molar-refractivity contribution in [3.63, 3.8) is 0 Å². The van der Waals surface area contributed by atoms with Gasteiger partial charge in [0.1, 0.15) is 0 Å². The molecular weight excluding hydrogens is 220 g/mol. The molecular formula is C13H14O4. The number of benzene rings is 2. The van der Waals surface area contributed by atoms with Crippen LogP contribution in [0.5, 0.6) is 23.0 Å². The van der Waals surface area contributed by atoms with Crippen LogP contribution < -0.4 is 14.2 Å². The Kier molecular flexibility index (Phi) is 2.95. The molecule has 0 atom stereocenters. The molecule has 0 saturated heterocycles. The van der Waals surface area contributed by atoms with Crippen LogP contribution in [0, 0.1) is 0 Å². The monoisotopic (exact) mass is 234 g/mol. The third-order valence-corrected chi connectivity index (χ3v) is 2.64. The Morgan fingerprint density at radius 1 is 0.706 bits per heavy atom. The summed E-state index contributed by atoms with van der Waals surface area (Å²) in [7, 11) is 4.68. The second-order valence-electron chi connectivity index (χ2n) is 3.58. The minimum Gasteiger partial charge on any atom is -0.504 e. The maximum absolute atomic E-state index is 9.70. The molecule has 0 saturated carbocycles. The predicted octanol–water partition coefficient (Wildman–Crippen LogP) is 2.57. The van der Waals surface area contributed by atoms with Crippen molar-refractivity contribution in [2.24, 2.45) is 0 Å². The number of phenols is 1. The predicted molar refractivity (Wildman–Crippen MR) is 65.3 cm³/mol. The molecule has 2 aromatic rings. The second kappa shape index (κ2) is 4.41. The zero-order valence-corrected chi connectivity index (χ0v) is 9.98. The van der Waals surface area contributed by atoms with E-state index >= 15 is 0 Å². The van der Waals surface area contributed by atoms with Gasteiger partial charge in [-0.1, -0.05) is 0 Å². The highest BCUT2D eigenvalue weighted by molar-refractivity contribution is 5.89. The van der Waals surface area contributed by atoms with Gasteiger partial charge in [0.15, 0.2) is 23.0 Å². The fourth-order valence-corrected chi connectivity index (χ4v) is 1.76. The molecule has 0 spiro atoms. The van der Waals surface area contributed by atoms with Crippen molar-refractivity contribution in [3.8, 4) is 23.0 Å². The zero-order valence-electron chi connectivity index (χ0n) is 9.98. The minimum atomic E-state index is 0.104. The number of hydrogen-bond donors (Lipinski definition) is 1. The Hall–Kier alpha value is -2.10. The topological polar surface area (TPSA) is 47.9 Å². The Labute approximate surface area is 99.3 Å². The Bertz CT molecular complexity index is 549. The summed E-state index contributed by atoms with van der Waals surface area (Å²) in [6, 6.07) is 7.05. The first-order valence-electron chi connectivity index (χ1n) is 5.12. The van der Waals surface area contributed by atoms with Crippen LogP contribution >= 0.6 is 0 Å². The lowest BCUT2D eigenvalue weighted by Gasteiger charge is -2.10. The van der Waals surface area contributed by atoms with Crippen molar-refractivity contribution in [1.29, 1.82) is 0 Å². The quantitative estimate of drug-likeness (QED) is 0.886. The number of fused-ring (bicyclic) bond motifs is 1. The maximum Gasteiger partial charge on any atom is 0.161 e. The Morgan fingerprint density at radius 3 is 1.59 bits per heavy atom. The van der Waals surface area contributed by atoms with Crippen LogP contribution in [0.2, 0.25) is 0 Å². The van der Waals surface area contributed by atoms with E-state index in [0.717, 1.165) is 10.8 Å². The van der Waals surface area contributed by atoms with Gasteiger partial charge in [-0.3, -0.25) is 0 Å². The number of phenolic OH excluding ortho intramolecular Hbond substituents is 1. The van der Waals surface area contributed by atoms with Crippen LogP contribution in [0.3, 0.4) is 0 Å². The zero-order chi connectivity index (χ0) is 12.4. The number of aromatic hydroxyl groups is 1. The summed E-state index contributed by atoms with van der Waals surface area (Å²) in [4.78, 5) is 0. The highest BCUT2D eigenvalue weighted by Gasteiger charge is 2.09. The SMILES string of the molecule is COc1cc2cc(OC)c(OC)cc2cc1O. The largest absolute Gasteiger partial charge is 0.504 e. The first kappa shape index (κ1) is 11.4. The van der Waals surface area contributed by atoms with Gasteiger partial charge in [0.05, 0.1) is 21.3 Å². The van der Waals surface area contributed by atoms with Gasteiger partial charge in [-0.15, -0.1) is 0 Å². The summed E-state index contributed by atoms with van der Waals surface area (Å²) in [5.41, 5.74) is 0. The van der Waals surface area contributed by atoms with Crippen LogP contribution in [0.1, 0.15) is 0 Å². The van der Waals surface area contributed by atoms with E-state index in [1.54, 1.807) is 26.4 Å². The van der Waals surface area contributed by atoms with E-state index in [0.29, 0.717) is 17.2 Å². The summed E-state index contributed by atoms with van der Waals surface area (Å²) in [6.45, 7) is 0. The molecule has 2 aromatic carbocycles. The van der Waals surface area contributed by atoms with Crippen molar-refractivity contribution in [1.82, 2.24) is 0 Å². The molecule has 0 radical (unpaired) electrons. The molecule has 90 valence electrons. The molecule has 4 nitrogen and oxygen atoms in total. The molecule has 0 heterocycles. The van der Waals surface area contributed by atoms with Crippen LogP contribution in [-0.4, -0.2) is 26.4 Å². The summed E-state index contributed by atoms with van der Waals surface area (Å²) in [6.07, 6.45) is 0. The Morgan fingerprint density at radius 2 is 1.12 bits per heavy atom. The lowest BCUT2D eigenvalue weighted by atomic mass is 10.1. The van der Waals surface area contributed by atoms with Crippen molar-refractivity contribution in [3.05, 3.63) is 24.3 Å². The molecule has 0 amide bonds. The van der Waals surface area contributed by atoms with E-state index in [4.69, 9.17) is 14.2 Å². The van der Waals surface area contributed by atoms with Crippen LogP contribution in [0.15, 0.2) is 24.3 Å². The van der Waals surface area contributed by atoms with Crippen LogP contribution in [-0.2, 0) is 0 Å². The van der Waals surface area contributed by atoms with E-state index in [9.17, 15) is 5.11 Å². The van der Waals surface area contributed by atoms with Gasteiger partial charge in [0, 0.05) is 0 Å². The standard InChI is InChI=1S/C13H14O4/c1-15-11-5-9-7-13(17-3)12(16-2)6-8(9)4-10(11)14/h4-7,14H,1-3H3. The van der Waals surface area contributed by atoms with E-state index < -0.39 is 0 Å². The molecule has 0 aliphatic rings. The lowest BCUT2D eigenvalue weighted by Crippen LogP contribution is -1.91. The summed E-state index contributed by atoms with van der Waals surface area (Å²) in [5.74, 6) is 1.81. The molecule has 0 bridgehead atoms. The Balaban J connectivity index is 2.70. The minimum absolute atomic E-state index is 0.104. The number of ether oxygens (including phenoxy) is 3. The third-order valence-electron chi connectivity index (χ3n) is 2.64. The van der Waals surface area contributed by atoms with E-state index in [-0.39, 0.29) is 5.75 Å². The third kappa shape index (κ3) is 1.93. The van der Waals surface area contributed by atoms with Crippen molar-refractivity contribution < 1.29 is 19.3 Å². The molecule has 0 aliphatic heterocycles. The van der Waals surface area contributed by atoms with E-state index in [2.05, 4.69) is 0 Å². The summed E-state index contributed by atoms with van der Waals surface area (Å²) < 4.78 is 15.5. The molecule has 0 unspecified atom stereocenters. The van der Waals surface area contributed by atoms with Gasteiger partial charge in [-0.2, -0.15) is 0 Å². The average molecular weight is 234 g/mol. The first-order valence-corrected chi connectivity index (χ1v) is 5.12. The normalized spacial score (nSPS) is 10.3. The van der Waals surface area contributed by atoms with Gasteiger partial charge in [-0.25, -0.2) is 0 Å². The molecule has 17 heavy (non-hydrogen) atoms. The first-order chi connectivity index (χ1) is 8.19. The molecule has 1 N–H and O–H groups in total. The van der Waals surface area contributed by atoms with E-state index in [1.807, 2.05) is 12.1 Å². The van der Waals surface area contributed by atoms with Crippen LogP contribution in [0.25, 0.3) is 10.8 Å². The second-order valence-corrected chi connectivity index (χ2v) is 3.58. The number of methoxy groups -OCH3 is 3. The molecule has 0 aliphatic carbocycles. The van der Waals surface area contributed by atoms with Crippen molar-refractivity contribution in [2.75, 3.05) is 21.3 Å². The number of rotatable bonds is 3. The van der Waals surface area contributed by atoms with E-state index in [1.165, 1.54) is 7.11 Å². The van der Waals surface area contributed by atoms with Crippen molar-refractivity contribution >= 4 is 10.8 Å². The number of hydrogen-bond acceptors (Lipinski definition) is 4. The fraction of sp³-hybridized carbons (Fsp3) is 0.231. The fourth-order valence-electron chi connectivity index (χ4n) is 1.76. The van der Waals surface area contributed by atoms with Crippen molar-refractivity contribution in [2.45, 2.75) is 0 Å². The molecule has 0 aromatic heterocycles. The summed E-state index contributed by atoms with van der Waals surface area (Å²) in [5, 5.41) is 11.5. The maximum atomic E-state index is 9.70. The van der Waals surface area contributed by atoms with Gasteiger partial charge in [0.25, 0.3) is 0 Å². The molecule has 2 rings (SSSR count). The smallest absolute Gasteiger partial charge is 0.161 e. The van der Waals surface area contributed by atoms with Gasteiger partial charge >= 0.3 is 0 Å². The summed E-state index contributed by atoms with van der Waals surface area (Å²) >= 11 is 0. The van der Waals surface area contributed by atoms with Gasteiger partial charge < -0.3 is 19.3 Å². The average Bonchev–Trinajstić information content (AvgIpc) is 2.36. The highest BCUT2D eigenvalue weighted by Crippen LogP contribution is 2.37. The van der Waals surface area contributed by atoms with Gasteiger partial charge in [-0.05, 0) is 35.0 Å². The molecule has 0 fully saturated rings. The lowest BCUT2D eigenvalue weighted by molar-refractivity contribution is 0.355.